The van der Waals surface area contributed by atoms with E-state index in [1.165, 1.54) is 26.7 Å². The van der Waals surface area contributed by atoms with Gasteiger partial charge in [0, 0.05) is 0 Å². The molecular weight excluding hydrogens is 412 g/mol. The third kappa shape index (κ3) is 4.86. The molecule has 0 radical (unpaired) electrons. The van der Waals surface area contributed by atoms with Gasteiger partial charge in [0.15, 0.2) is 0 Å². The fraction of sp³-hybridized carbons (Fsp3) is 0.529. The number of ether oxygens (including phenoxy) is 1. The summed E-state index contributed by atoms with van der Waals surface area (Å²) < 4.78 is 18.2. The van der Waals surface area contributed by atoms with Crippen LogP contribution in [0.4, 0.5) is 0 Å². The number of carbonyl (C=O) groups is 2. The van der Waals surface area contributed by atoms with Gasteiger partial charge in [-0.15, -0.1) is 0 Å². The first-order valence-electron chi connectivity index (χ1n) is 7.80. The Kier molecular flexibility index (Phi) is 6.32. The van der Waals surface area contributed by atoms with Gasteiger partial charge in [0.1, 0.15) is 0 Å². The van der Waals surface area contributed by atoms with Crippen LogP contribution in [0.15, 0.2) is 24.3 Å². The van der Waals surface area contributed by atoms with Gasteiger partial charge in [-0.2, -0.15) is 0 Å². The molecule has 1 fully saturated rings. The van der Waals surface area contributed by atoms with E-state index in [4.69, 9.17) is 10.9 Å². The molecule has 0 bridgehead atoms. The molecule has 0 N–H and O–H groups in total. The second kappa shape index (κ2) is 8.03. The van der Waals surface area contributed by atoms with E-state index < -0.39 is 19.0 Å². The minimum atomic E-state index is -3.81. The Bertz CT molecular complexity index is 533. The van der Waals surface area contributed by atoms with E-state index in [1.807, 2.05) is 24.3 Å². The summed E-state index contributed by atoms with van der Waals surface area (Å²) in [6.07, 6.45) is 4.58. The van der Waals surface area contributed by atoms with Crippen molar-refractivity contribution in [1.82, 2.24) is 0 Å². The zero-order valence-electron chi connectivity index (χ0n) is 13.9. The normalized spacial score (nSPS) is 16.0. The van der Waals surface area contributed by atoms with Gasteiger partial charge in [-0.1, -0.05) is 0 Å². The van der Waals surface area contributed by atoms with E-state index in [1.54, 1.807) is 7.11 Å². The average molecular weight is 436 g/mol. The van der Waals surface area contributed by atoms with Gasteiger partial charge in [0.2, 0.25) is 0 Å². The molecule has 6 heteroatoms. The summed E-state index contributed by atoms with van der Waals surface area (Å²) >= 11 is -3.81. The molecule has 0 saturated heterocycles. The molecule has 0 atom stereocenters. The number of rotatable bonds is 6. The van der Waals surface area contributed by atoms with Gasteiger partial charge in [0.25, 0.3) is 0 Å². The Balaban J connectivity index is 2.38. The van der Waals surface area contributed by atoms with Crippen molar-refractivity contribution in [2.45, 2.75) is 44.0 Å². The van der Waals surface area contributed by atoms with Gasteiger partial charge in [0.05, 0.1) is 0 Å². The molecule has 0 spiro atoms. The predicted molar refractivity (Wildman–Crippen MR) is 88.7 cm³/mol. The van der Waals surface area contributed by atoms with Crippen molar-refractivity contribution in [1.29, 1.82) is 0 Å². The summed E-state index contributed by atoms with van der Waals surface area (Å²) in [5, 5.41) is 0. The van der Waals surface area contributed by atoms with E-state index in [2.05, 4.69) is 0 Å². The third-order valence-electron chi connectivity index (χ3n) is 3.85. The number of methoxy groups -OCH3 is 1. The molecule has 5 nitrogen and oxygen atoms in total. The Labute approximate surface area is 142 Å². The molecule has 128 valence electrons. The van der Waals surface area contributed by atoms with Crippen LogP contribution in [0.3, 0.4) is 0 Å². The maximum atomic E-state index is 11.7. The van der Waals surface area contributed by atoms with Crippen molar-refractivity contribution < 1.29 is 20.5 Å². The molecule has 1 aromatic carbocycles. The summed E-state index contributed by atoms with van der Waals surface area (Å²) in [7, 11) is 1.60. The van der Waals surface area contributed by atoms with Crippen LogP contribution in [0, 0.1) is 5.92 Å². The number of carbonyl (C=O) groups excluding carboxylic acids is 2. The van der Waals surface area contributed by atoms with Crippen molar-refractivity contribution in [3.63, 3.8) is 0 Å². The van der Waals surface area contributed by atoms with E-state index in [0.29, 0.717) is 10.4 Å². The topological polar surface area (TPSA) is 61.8 Å². The van der Waals surface area contributed by atoms with Crippen LogP contribution >= 0.6 is 0 Å². The maximum absolute atomic E-state index is 11.7. The van der Waals surface area contributed by atoms with Crippen LogP contribution in [-0.2, 0) is 15.8 Å². The van der Waals surface area contributed by atoms with Gasteiger partial charge >= 0.3 is 142 Å². The summed E-state index contributed by atoms with van der Waals surface area (Å²) in [5.74, 6) is 0.400. The summed E-state index contributed by atoms with van der Waals surface area (Å²) in [6.45, 7) is 2.75. The molecule has 1 aliphatic rings. The monoisotopic (exact) mass is 438 g/mol. The zero-order valence-corrected chi connectivity index (χ0v) is 16.2. The van der Waals surface area contributed by atoms with Crippen LogP contribution in [0.5, 0.6) is 5.75 Å². The summed E-state index contributed by atoms with van der Waals surface area (Å²) in [4.78, 5) is 23.4. The van der Waals surface area contributed by atoms with Crippen LogP contribution in [0.1, 0.15) is 39.5 Å². The van der Waals surface area contributed by atoms with Gasteiger partial charge in [-0.05, 0) is 0 Å². The molecule has 23 heavy (non-hydrogen) atoms. The molecule has 0 amide bonds. The second-order valence-corrected chi connectivity index (χ2v) is 12.5. The Morgan fingerprint density at radius 2 is 1.57 bits per heavy atom. The predicted octanol–water partition coefficient (Wildman–Crippen LogP) is 2.66. The van der Waals surface area contributed by atoms with Crippen molar-refractivity contribution in [3.8, 4) is 5.75 Å². The molecular formula is C17H24O5Te. The summed E-state index contributed by atoms with van der Waals surface area (Å²) in [5.41, 5.74) is 0. The first-order valence-corrected chi connectivity index (χ1v) is 12.5. The average Bonchev–Trinajstić information content (AvgIpc) is 2.98. The van der Waals surface area contributed by atoms with Crippen molar-refractivity contribution in [3.05, 3.63) is 24.3 Å². The number of hydrogen-bond acceptors (Lipinski definition) is 5. The van der Waals surface area contributed by atoms with Crippen molar-refractivity contribution >= 4 is 34.6 Å². The van der Waals surface area contributed by atoms with Gasteiger partial charge < -0.3 is 0 Å². The minimum absolute atomic E-state index is 0.388. The molecule has 0 aliphatic heterocycles. The van der Waals surface area contributed by atoms with Crippen LogP contribution in [-0.4, -0.2) is 38.1 Å². The molecule has 2 rings (SSSR count). The third-order valence-corrected chi connectivity index (χ3v) is 12.2. The molecule has 0 aromatic heterocycles. The first kappa shape index (κ1) is 18.1. The SMILES string of the molecule is COc1ccc([Te](CC2CCCC2)(OC(C)=O)OC(C)=O)cc1. The fourth-order valence-electron chi connectivity index (χ4n) is 2.93. The van der Waals surface area contributed by atoms with E-state index in [0.717, 1.165) is 22.2 Å². The van der Waals surface area contributed by atoms with Crippen molar-refractivity contribution in [2.75, 3.05) is 7.11 Å². The quantitative estimate of drug-likeness (QED) is 0.643. The first-order chi connectivity index (χ1) is 10.9. The molecule has 0 unspecified atom stereocenters. The Morgan fingerprint density at radius 3 is 2.00 bits per heavy atom. The van der Waals surface area contributed by atoms with Gasteiger partial charge in [-0.3, -0.25) is 0 Å². The number of hydrogen-bond donors (Lipinski definition) is 0. The Morgan fingerprint density at radius 1 is 1.04 bits per heavy atom. The fourth-order valence-corrected chi connectivity index (χ4v) is 11.0. The zero-order chi connectivity index (χ0) is 16.9. The second-order valence-electron chi connectivity index (χ2n) is 5.76. The van der Waals surface area contributed by atoms with E-state index in [9.17, 15) is 9.59 Å². The van der Waals surface area contributed by atoms with E-state index in [-0.39, 0.29) is 11.9 Å². The van der Waals surface area contributed by atoms with Crippen LogP contribution < -0.4 is 8.35 Å². The molecule has 1 aliphatic carbocycles. The summed E-state index contributed by atoms with van der Waals surface area (Å²) in [6, 6.07) is 7.36. The van der Waals surface area contributed by atoms with Crippen LogP contribution in [0.2, 0.25) is 4.47 Å². The molecule has 0 heterocycles. The standard InChI is InChI=1S/C17H24O5Te/c1-13(18)21-23(22-14(2)19,12-15-6-4-5-7-15)17-10-8-16(20-3)9-11-17/h8-11,15H,4-7,12H2,1-3H3. The molecule has 1 aromatic rings. The van der Waals surface area contributed by atoms with Crippen LogP contribution in [0.25, 0.3) is 0 Å². The van der Waals surface area contributed by atoms with Crippen molar-refractivity contribution in [2.24, 2.45) is 5.92 Å². The van der Waals surface area contributed by atoms with Gasteiger partial charge in [-0.25, -0.2) is 0 Å². The van der Waals surface area contributed by atoms with E-state index >= 15 is 0 Å². The molecule has 1 saturated carbocycles. The number of benzene rings is 1. The Hall–Kier alpha value is -1.25.